The molecule has 0 fully saturated rings. The first-order chi connectivity index (χ1) is 11.1. The fourth-order valence-corrected chi connectivity index (χ4v) is 2.40. The number of anilines is 1. The number of carbonyl (C=O) groups is 1. The lowest BCUT2D eigenvalue weighted by molar-refractivity contribution is -0.386. The van der Waals surface area contributed by atoms with Crippen molar-refractivity contribution >= 4 is 28.9 Å². The van der Waals surface area contributed by atoms with Crippen molar-refractivity contribution in [3.8, 4) is 5.75 Å². The average Bonchev–Trinajstić information content (AvgIpc) is 2.48. The first kappa shape index (κ1) is 17.7. The van der Waals surface area contributed by atoms with E-state index in [1.54, 1.807) is 45.0 Å². The highest BCUT2D eigenvalue weighted by molar-refractivity contribution is 6.33. The first-order valence-electron chi connectivity index (χ1n) is 7.19. The Kier molecular flexibility index (Phi) is 4.80. The van der Waals surface area contributed by atoms with Crippen molar-refractivity contribution in [3.05, 3.63) is 62.7 Å². The predicted molar refractivity (Wildman–Crippen MR) is 92.9 cm³/mol. The minimum absolute atomic E-state index is 0.0735. The van der Waals surface area contributed by atoms with Gasteiger partial charge in [-0.3, -0.25) is 14.9 Å². The van der Waals surface area contributed by atoms with Gasteiger partial charge in [-0.2, -0.15) is 0 Å². The summed E-state index contributed by atoms with van der Waals surface area (Å²) in [5, 5.41) is 24.3. The lowest BCUT2D eigenvalue weighted by Gasteiger charge is -2.21. The molecule has 0 aromatic heterocycles. The summed E-state index contributed by atoms with van der Waals surface area (Å²) in [5.74, 6) is -0.974. The van der Waals surface area contributed by atoms with E-state index in [1.807, 2.05) is 0 Å². The largest absolute Gasteiger partial charge is 0.502 e. The molecule has 2 aromatic carbocycles. The Labute approximate surface area is 144 Å². The van der Waals surface area contributed by atoms with Crippen LogP contribution < -0.4 is 5.32 Å². The number of nitro benzene ring substituents is 1. The van der Waals surface area contributed by atoms with Gasteiger partial charge in [0.05, 0.1) is 15.6 Å². The van der Waals surface area contributed by atoms with E-state index in [-0.39, 0.29) is 5.56 Å². The summed E-state index contributed by atoms with van der Waals surface area (Å²) >= 11 is 6.00. The van der Waals surface area contributed by atoms with Crippen molar-refractivity contribution in [2.45, 2.75) is 26.2 Å². The highest BCUT2D eigenvalue weighted by Gasteiger charge is 2.28. The van der Waals surface area contributed by atoms with E-state index < -0.39 is 27.7 Å². The summed E-state index contributed by atoms with van der Waals surface area (Å²) in [6, 6.07) is 9.18. The molecule has 7 heteroatoms. The topological polar surface area (TPSA) is 92.5 Å². The van der Waals surface area contributed by atoms with Gasteiger partial charge >= 0.3 is 5.69 Å². The van der Waals surface area contributed by atoms with Crippen LogP contribution in [0.15, 0.2) is 36.4 Å². The first-order valence-corrected chi connectivity index (χ1v) is 7.57. The zero-order chi connectivity index (χ0) is 18.1. The molecule has 0 atom stereocenters. The number of rotatable bonds is 3. The maximum Gasteiger partial charge on any atom is 0.311 e. The molecule has 1 amide bonds. The number of phenolic OH excluding ortho intramolecular Hbond substituents is 1. The molecule has 2 aromatic rings. The molecule has 0 unspecified atom stereocenters. The normalized spacial score (nSPS) is 11.2. The molecule has 6 nitrogen and oxygen atoms in total. The van der Waals surface area contributed by atoms with Crippen molar-refractivity contribution < 1.29 is 14.8 Å². The van der Waals surface area contributed by atoms with Crippen LogP contribution in [0.2, 0.25) is 5.02 Å². The van der Waals surface area contributed by atoms with Gasteiger partial charge in [0.1, 0.15) is 0 Å². The monoisotopic (exact) mass is 348 g/mol. The number of benzene rings is 2. The second kappa shape index (κ2) is 6.49. The van der Waals surface area contributed by atoms with Crippen LogP contribution in [0.5, 0.6) is 5.75 Å². The molecule has 126 valence electrons. The third-order valence-electron chi connectivity index (χ3n) is 3.48. The zero-order valence-corrected chi connectivity index (χ0v) is 14.2. The minimum Gasteiger partial charge on any atom is -0.502 e. The van der Waals surface area contributed by atoms with Crippen LogP contribution >= 0.6 is 11.6 Å². The third-order valence-corrected chi connectivity index (χ3v) is 3.81. The van der Waals surface area contributed by atoms with Gasteiger partial charge in [0.25, 0.3) is 5.91 Å². The lowest BCUT2D eigenvalue weighted by Crippen LogP contribution is -2.17. The predicted octanol–water partition coefficient (Wildman–Crippen LogP) is 4.50. The van der Waals surface area contributed by atoms with Gasteiger partial charge in [0.2, 0.25) is 0 Å². The van der Waals surface area contributed by atoms with E-state index >= 15 is 0 Å². The van der Waals surface area contributed by atoms with E-state index in [9.17, 15) is 20.0 Å². The summed E-state index contributed by atoms with van der Waals surface area (Å²) in [6.07, 6.45) is 0. The Morgan fingerprint density at radius 2 is 1.88 bits per heavy atom. The van der Waals surface area contributed by atoms with Gasteiger partial charge in [-0.25, -0.2) is 0 Å². The number of nitrogens with zero attached hydrogens (tertiary/aromatic N) is 1. The summed E-state index contributed by atoms with van der Waals surface area (Å²) in [6.45, 7) is 5.38. The average molecular weight is 349 g/mol. The summed E-state index contributed by atoms with van der Waals surface area (Å²) in [7, 11) is 0. The molecule has 0 radical (unpaired) electrons. The number of carbonyl (C=O) groups excluding carboxylic acids is 1. The van der Waals surface area contributed by atoms with Crippen LogP contribution in [0.3, 0.4) is 0 Å². The van der Waals surface area contributed by atoms with Gasteiger partial charge in [-0.15, -0.1) is 0 Å². The molecule has 0 aliphatic carbocycles. The number of nitro groups is 1. The maximum atomic E-state index is 12.5. The SMILES string of the molecule is CC(C)(C)c1cc(C(=O)Nc2ccccc2Cl)cc([N+](=O)[O-])c1O. The van der Waals surface area contributed by atoms with Gasteiger partial charge in [0.15, 0.2) is 5.75 Å². The minimum atomic E-state index is -0.711. The molecule has 0 aliphatic rings. The summed E-state index contributed by atoms with van der Waals surface area (Å²) in [5.41, 5.74) is -0.288. The van der Waals surface area contributed by atoms with Crippen LogP contribution in [0.4, 0.5) is 11.4 Å². The van der Waals surface area contributed by atoms with Crippen LogP contribution in [0.1, 0.15) is 36.7 Å². The van der Waals surface area contributed by atoms with Crippen molar-refractivity contribution in [1.29, 1.82) is 0 Å². The quantitative estimate of drug-likeness (QED) is 0.630. The molecule has 0 saturated heterocycles. The fourth-order valence-electron chi connectivity index (χ4n) is 2.22. The van der Waals surface area contributed by atoms with Gasteiger partial charge < -0.3 is 10.4 Å². The number of halogens is 1. The molecule has 0 aliphatic heterocycles. The Balaban J connectivity index is 2.50. The highest BCUT2D eigenvalue weighted by atomic mass is 35.5. The van der Waals surface area contributed by atoms with Gasteiger partial charge in [-0.1, -0.05) is 44.5 Å². The second-order valence-corrected chi connectivity index (χ2v) is 6.74. The molecule has 0 heterocycles. The molecule has 2 N–H and O–H groups in total. The van der Waals surface area contributed by atoms with Crippen LogP contribution in [0, 0.1) is 10.1 Å². The number of aromatic hydroxyl groups is 1. The van der Waals surface area contributed by atoms with Gasteiger partial charge in [-0.05, 0) is 23.6 Å². The Bertz CT molecular complexity index is 813. The zero-order valence-electron chi connectivity index (χ0n) is 13.5. The molecular formula is C17H17ClN2O4. The highest BCUT2D eigenvalue weighted by Crippen LogP contribution is 2.38. The molecule has 2 rings (SSSR count). The third kappa shape index (κ3) is 3.65. The second-order valence-electron chi connectivity index (χ2n) is 6.33. The Morgan fingerprint density at radius 3 is 2.42 bits per heavy atom. The van der Waals surface area contributed by atoms with E-state index in [0.29, 0.717) is 16.3 Å². The van der Waals surface area contributed by atoms with Crippen LogP contribution in [-0.2, 0) is 5.41 Å². The van der Waals surface area contributed by atoms with Crippen molar-refractivity contribution in [2.75, 3.05) is 5.32 Å². The van der Waals surface area contributed by atoms with E-state index in [4.69, 9.17) is 11.6 Å². The number of nitrogens with one attached hydrogen (secondary N) is 1. The number of phenols is 1. The molecule has 24 heavy (non-hydrogen) atoms. The van der Waals surface area contributed by atoms with Gasteiger partial charge in [0, 0.05) is 17.2 Å². The van der Waals surface area contributed by atoms with Crippen molar-refractivity contribution in [3.63, 3.8) is 0 Å². The smallest absolute Gasteiger partial charge is 0.311 e. The maximum absolute atomic E-state index is 12.5. The molecular weight excluding hydrogens is 332 g/mol. The summed E-state index contributed by atoms with van der Waals surface area (Å²) < 4.78 is 0. The molecule has 0 spiro atoms. The Morgan fingerprint density at radius 1 is 1.25 bits per heavy atom. The number of hydrogen-bond acceptors (Lipinski definition) is 4. The number of hydrogen-bond donors (Lipinski definition) is 2. The molecule has 0 bridgehead atoms. The number of amides is 1. The van der Waals surface area contributed by atoms with Crippen molar-refractivity contribution in [1.82, 2.24) is 0 Å². The standard InChI is InChI=1S/C17H17ClN2O4/c1-17(2,3)11-8-10(9-14(15(11)21)20(23)24)16(22)19-13-7-5-4-6-12(13)18/h4-9,21H,1-3H3,(H,19,22). The number of para-hydroxylation sites is 1. The Hall–Kier alpha value is -2.60. The fraction of sp³-hybridized carbons (Fsp3) is 0.235. The van der Waals surface area contributed by atoms with Crippen LogP contribution in [-0.4, -0.2) is 15.9 Å². The van der Waals surface area contributed by atoms with E-state index in [2.05, 4.69) is 5.32 Å². The summed E-state index contributed by atoms with van der Waals surface area (Å²) in [4.78, 5) is 22.9. The van der Waals surface area contributed by atoms with E-state index in [1.165, 1.54) is 6.07 Å². The molecule has 0 saturated carbocycles. The van der Waals surface area contributed by atoms with Crippen LogP contribution in [0.25, 0.3) is 0 Å². The van der Waals surface area contributed by atoms with E-state index in [0.717, 1.165) is 6.07 Å². The van der Waals surface area contributed by atoms with Crippen molar-refractivity contribution in [2.24, 2.45) is 0 Å². The lowest BCUT2D eigenvalue weighted by atomic mass is 9.85.